The molecule has 1 heterocycles. The summed E-state index contributed by atoms with van der Waals surface area (Å²) in [4.78, 5) is 27.1. The molecule has 1 fully saturated rings. The first-order valence-electron chi connectivity index (χ1n) is 11.0. The Bertz CT molecular complexity index is 1160. The SMILES string of the molecule is CCc1ccccc1NC(=O)CN(C)S(=O)(=O)c1ccc2c(c1)CC(C)N2C(=O)C1CC1. The van der Waals surface area contributed by atoms with Crippen LogP contribution in [0.3, 0.4) is 0 Å². The number of benzene rings is 2. The van der Waals surface area contributed by atoms with Gasteiger partial charge < -0.3 is 10.2 Å². The molecule has 170 valence electrons. The maximum Gasteiger partial charge on any atom is 0.243 e. The largest absolute Gasteiger partial charge is 0.325 e. The zero-order chi connectivity index (χ0) is 23.0. The van der Waals surface area contributed by atoms with Gasteiger partial charge in [0.2, 0.25) is 21.8 Å². The van der Waals surface area contributed by atoms with E-state index in [1.165, 1.54) is 13.1 Å². The van der Waals surface area contributed by atoms with Crippen LogP contribution in [0.4, 0.5) is 11.4 Å². The first kappa shape index (κ1) is 22.5. The Hall–Kier alpha value is -2.71. The summed E-state index contributed by atoms with van der Waals surface area (Å²) in [6, 6.07) is 12.4. The van der Waals surface area contributed by atoms with Gasteiger partial charge in [0.25, 0.3) is 0 Å². The standard InChI is InChI=1S/C24H29N3O4S/c1-4-17-7-5-6-8-21(17)25-23(28)15-26(3)32(30,31)20-11-12-22-19(14-20)13-16(2)27(22)24(29)18-9-10-18/h5-8,11-12,14,16,18H,4,9-10,13,15H2,1-3H3,(H,25,28). The Morgan fingerprint density at radius 3 is 2.56 bits per heavy atom. The van der Waals surface area contributed by atoms with Crippen LogP contribution in [-0.4, -0.2) is 44.2 Å². The molecule has 1 aliphatic carbocycles. The summed E-state index contributed by atoms with van der Waals surface area (Å²) < 4.78 is 27.3. The van der Waals surface area contributed by atoms with Gasteiger partial charge in [-0.15, -0.1) is 0 Å². The second-order valence-corrected chi connectivity index (χ2v) is 10.7. The summed E-state index contributed by atoms with van der Waals surface area (Å²) in [5.41, 5.74) is 3.33. The van der Waals surface area contributed by atoms with E-state index in [0.717, 1.165) is 40.4 Å². The monoisotopic (exact) mass is 455 g/mol. The Morgan fingerprint density at radius 2 is 1.88 bits per heavy atom. The van der Waals surface area contributed by atoms with Crippen molar-refractivity contribution < 1.29 is 18.0 Å². The summed E-state index contributed by atoms with van der Waals surface area (Å²) in [5.74, 6) is -0.157. The molecule has 0 bridgehead atoms. The second-order valence-electron chi connectivity index (χ2n) is 8.65. The molecule has 0 aromatic heterocycles. The van der Waals surface area contributed by atoms with Gasteiger partial charge in [0.1, 0.15) is 0 Å². The van der Waals surface area contributed by atoms with Crippen molar-refractivity contribution in [2.75, 3.05) is 23.8 Å². The van der Waals surface area contributed by atoms with E-state index >= 15 is 0 Å². The molecule has 2 amide bonds. The van der Waals surface area contributed by atoms with Crippen molar-refractivity contribution in [3.05, 3.63) is 53.6 Å². The van der Waals surface area contributed by atoms with E-state index in [0.29, 0.717) is 12.1 Å². The van der Waals surface area contributed by atoms with E-state index in [2.05, 4.69) is 5.32 Å². The third-order valence-electron chi connectivity index (χ3n) is 6.18. The topological polar surface area (TPSA) is 86.8 Å². The lowest BCUT2D eigenvalue weighted by atomic mass is 10.1. The lowest BCUT2D eigenvalue weighted by Crippen LogP contribution is -2.36. The highest BCUT2D eigenvalue weighted by Gasteiger charge is 2.40. The van der Waals surface area contributed by atoms with Crippen LogP contribution in [0.15, 0.2) is 47.4 Å². The van der Waals surface area contributed by atoms with Crippen molar-refractivity contribution in [1.29, 1.82) is 0 Å². The highest BCUT2D eigenvalue weighted by atomic mass is 32.2. The van der Waals surface area contributed by atoms with Crippen LogP contribution in [0.2, 0.25) is 0 Å². The third kappa shape index (κ3) is 4.29. The molecule has 0 saturated heterocycles. The van der Waals surface area contributed by atoms with Gasteiger partial charge in [-0.25, -0.2) is 8.42 Å². The fraction of sp³-hybridized carbons (Fsp3) is 0.417. The predicted molar refractivity (Wildman–Crippen MR) is 124 cm³/mol. The number of aryl methyl sites for hydroxylation is 1. The molecule has 7 nitrogen and oxygen atoms in total. The van der Waals surface area contributed by atoms with Crippen LogP contribution in [0.25, 0.3) is 0 Å². The summed E-state index contributed by atoms with van der Waals surface area (Å²) >= 11 is 0. The number of nitrogens with zero attached hydrogens (tertiary/aromatic N) is 2. The fourth-order valence-electron chi connectivity index (χ4n) is 4.24. The van der Waals surface area contributed by atoms with E-state index in [-0.39, 0.29) is 29.3 Å². The minimum absolute atomic E-state index is 0.0122. The summed E-state index contributed by atoms with van der Waals surface area (Å²) in [7, 11) is -2.45. The quantitative estimate of drug-likeness (QED) is 0.695. The van der Waals surface area contributed by atoms with Crippen LogP contribution in [0.1, 0.15) is 37.8 Å². The molecular formula is C24H29N3O4S. The number of carbonyl (C=O) groups is 2. The molecule has 1 unspecified atom stereocenters. The van der Waals surface area contributed by atoms with Crippen LogP contribution in [-0.2, 0) is 32.5 Å². The first-order chi connectivity index (χ1) is 15.2. The van der Waals surface area contributed by atoms with Crippen LogP contribution in [0.5, 0.6) is 0 Å². The lowest BCUT2D eigenvalue weighted by molar-refractivity contribution is -0.120. The average molecular weight is 456 g/mol. The van der Waals surface area contributed by atoms with Gasteiger partial charge in [-0.2, -0.15) is 4.31 Å². The van der Waals surface area contributed by atoms with E-state index in [9.17, 15) is 18.0 Å². The van der Waals surface area contributed by atoms with Gasteiger partial charge in [0, 0.05) is 30.4 Å². The zero-order valence-corrected chi connectivity index (χ0v) is 19.5. The van der Waals surface area contributed by atoms with Crippen molar-refractivity contribution in [3.8, 4) is 0 Å². The lowest BCUT2D eigenvalue weighted by Gasteiger charge is -2.23. The molecule has 2 aromatic carbocycles. The second kappa shape index (κ2) is 8.67. The number of para-hydroxylation sites is 1. The molecule has 1 aliphatic heterocycles. The van der Waals surface area contributed by atoms with Crippen molar-refractivity contribution in [3.63, 3.8) is 0 Å². The van der Waals surface area contributed by atoms with E-state index < -0.39 is 15.9 Å². The Morgan fingerprint density at radius 1 is 1.16 bits per heavy atom. The number of amides is 2. The van der Waals surface area contributed by atoms with Crippen LogP contribution >= 0.6 is 0 Å². The van der Waals surface area contributed by atoms with Crippen molar-refractivity contribution in [2.24, 2.45) is 5.92 Å². The maximum absolute atomic E-state index is 13.1. The molecule has 2 aliphatic rings. The molecule has 1 N–H and O–H groups in total. The fourth-order valence-corrected chi connectivity index (χ4v) is 5.42. The summed E-state index contributed by atoms with van der Waals surface area (Å²) in [6.45, 7) is 3.69. The minimum atomic E-state index is -3.85. The summed E-state index contributed by atoms with van der Waals surface area (Å²) in [5, 5.41) is 2.81. The Balaban J connectivity index is 1.49. The number of anilines is 2. The van der Waals surface area contributed by atoms with Crippen molar-refractivity contribution >= 4 is 33.2 Å². The number of fused-ring (bicyclic) bond motifs is 1. The number of hydrogen-bond acceptors (Lipinski definition) is 4. The molecular weight excluding hydrogens is 426 g/mol. The van der Waals surface area contributed by atoms with Crippen molar-refractivity contribution in [1.82, 2.24) is 4.31 Å². The number of likely N-dealkylation sites (N-methyl/N-ethyl adjacent to an activating group) is 1. The number of hydrogen-bond donors (Lipinski definition) is 1. The zero-order valence-electron chi connectivity index (χ0n) is 18.7. The molecule has 0 spiro atoms. The van der Waals surface area contributed by atoms with Gasteiger partial charge in [-0.05, 0) is 68.0 Å². The number of carbonyl (C=O) groups excluding carboxylic acids is 2. The molecule has 4 rings (SSSR count). The molecule has 8 heteroatoms. The van der Waals surface area contributed by atoms with E-state index in [1.807, 2.05) is 43.0 Å². The predicted octanol–water partition coefficient (Wildman–Crippen LogP) is 3.20. The normalized spacial score (nSPS) is 18.0. The molecule has 0 radical (unpaired) electrons. The maximum atomic E-state index is 13.1. The molecule has 1 saturated carbocycles. The van der Waals surface area contributed by atoms with Crippen LogP contribution in [0, 0.1) is 5.92 Å². The highest BCUT2D eigenvalue weighted by molar-refractivity contribution is 7.89. The van der Waals surface area contributed by atoms with Gasteiger partial charge in [0.15, 0.2) is 0 Å². The van der Waals surface area contributed by atoms with E-state index in [4.69, 9.17) is 0 Å². The van der Waals surface area contributed by atoms with Gasteiger partial charge in [-0.3, -0.25) is 9.59 Å². The first-order valence-corrected chi connectivity index (χ1v) is 12.5. The molecule has 2 aromatic rings. The highest BCUT2D eigenvalue weighted by Crippen LogP contribution is 2.39. The number of nitrogens with one attached hydrogen (secondary N) is 1. The van der Waals surface area contributed by atoms with Gasteiger partial charge in [-0.1, -0.05) is 25.1 Å². The summed E-state index contributed by atoms with van der Waals surface area (Å²) in [6.07, 6.45) is 3.24. The Kier molecular flexibility index (Phi) is 6.09. The van der Waals surface area contributed by atoms with Gasteiger partial charge >= 0.3 is 0 Å². The van der Waals surface area contributed by atoms with Gasteiger partial charge in [0.05, 0.1) is 11.4 Å². The minimum Gasteiger partial charge on any atom is -0.325 e. The Labute approximate surface area is 189 Å². The van der Waals surface area contributed by atoms with Crippen molar-refractivity contribution in [2.45, 2.75) is 50.5 Å². The third-order valence-corrected chi connectivity index (χ3v) is 7.98. The number of rotatable bonds is 7. The molecule has 1 atom stereocenters. The van der Waals surface area contributed by atoms with Crippen LogP contribution < -0.4 is 10.2 Å². The van der Waals surface area contributed by atoms with E-state index in [1.54, 1.807) is 12.1 Å². The molecule has 32 heavy (non-hydrogen) atoms. The smallest absolute Gasteiger partial charge is 0.243 e. The average Bonchev–Trinajstić information content (AvgIpc) is 3.55. The number of sulfonamides is 1.